The summed E-state index contributed by atoms with van der Waals surface area (Å²) in [6.45, 7) is 1.97. The Kier molecular flexibility index (Phi) is 6.54. The zero-order valence-electron chi connectivity index (χ0n) is 18.1. The average molecular weight is 479 g/mol. The maximum Gasteiger partial charge on any atom is 0.417 e. The molecule has 2 aromatic rings. The Hall–Kier alpha value is -3.70. The molecule has 0 saturated carbocycles. The molecular weight excluding hydrogens is 461 g/mol. The van der Waals surface area contributed by atoms with Gasteiger partial charge in [-0.2, -0.15) is 28.1 Å². The van der Waals surface area contributed by atoms with Gasteiger partial charge in [-0.3, -0.25) is 4.79 Å². The molecule has 1 amide bonds. The molecule has 4 atom stereocenters. The normalized spacial score (nSPS) is 24.2. The number of amides is 1. The van der Waals surface area contributed by atoms with Crippen LogP contribution in [0, 0.1) is 40.2 Å². The van der Waals surface area contributed by atoms with Crippen molar-refractivity contribution in [3.63, 3.8) is 0 Å². The van der Waals surface area contributed by atoms with Crippen LogP contribution in [0.5, 0.6) is 5.75 Å². The summed E-state index contributed by atoms with van der Waals surface area (Å²) < 4.78 is 80.2. The van der Waals surface area contributed by atoms with Crippen LogP contribution in [0.3, 0.4) is 0 Å². The molecular formula is C23H18F5N3O3. The Bertz CT molecular complexity index is 1220. The Morgan fingerprint density at radius 1 is 1.15 bits per heavy atom. The summed E-state index contributed by atoms with van der Waals surface area (Å²) in [5, 5.41) is 20.6. The smallest absolute Gasteiger partial charge is 0.417 e. The highest BCUT2D eigenvalue weighted by atomic mass is 19.4. The van der Waals surface area contributed by atoms with Gasteiger partial charge in [0.05, 0.1) is 18.2 Å². The number of halogens is 5. The van der Waals surface area contributed by atoms with Crippen molar-refractivity contribution in [2.24, 2.45) is 5.92 Å². The lowest BCUT2D eigenvalue weighted by Crippen LogP contribution is -2.47. The van der Waals surface area contributed by atoms with Gasteiger partial charge in [0.15, 0.2) is 17.2 Å². The van der Waals surface area contributed by atoms with E-state index in [-0.39, 0.29) is 22.4 Å². The summed E-state index contributed by atoms with van der Waals surface area (Å²) in [4.78, 5) is 13.1. The maximum atomic E-state index is 14.4. The Balaban J connectivity index is 2.08. The van der Waals surface area contributed by atoms with E-state index in [1.807, 2.05) is 0 Å². The molecule has 1 aliphatic rings. The highest BCUT2D eigenvalue weighted by Crippen LogP contribution is 2.55. The van der Waals surface area contributed by atoms with Crippen LogP contribution in [0.4, 0.5) is 27.6 Å². The Morgan fingerprint density at radius 2 is 1.79 bits per heavy atom. The zero-order chi connectivity index (χ0) is 25.4. The number of hydrogen-bond acceptors (Lipinski definition) is 5. The van der Waals surface area contributed by atoms with Crippen LogP contribution in [-0.4, -0.2) is 30.9 Å². The minimum absolute atomic E-state index is 0.0356. The molecule has 0 spiro atoms. The summed E-state index contributed by atoms with van der Waals surface area (Å²) in [5.41, 5.74) is -2.94. The lowest BCUT2D eigenvalue weighted by atomic mass is 9.77. The molecule has 1 fully saturated rings. The summed E-state index contributed by atoms with van der Waals surface area (Å²) in [5.74, 6) is -7.09. The highest BCUT2D eigenvalue weighted by molar-refractivity contribution is 5.95. The minimum atomic E-state index is -4.89. The van der Waals surface area contributed by atoms with Crippen LogP contribution in [-0.2, 0) is 9.53 Å². The minimum Gasteiger partial charge on any atom is -0.493 e. The number of hydrogen-bond donors (Lipinski definition) is 1. The second kappa shape index (κ2) is 8.92. The molecule has 1 heterocycles. The van der Waals surface area contributed by atoms with Crippen LogP contribution in [0.25, 0.3) is 0 Å². The molecule has 1 N–H and O–H groups in total. The number of nitriles is 2. The first-order valence-electron chi connectivity index (χ1n) is 9.91. The van der Waals surface area contributed by atoms with E-state index in [9.17, 15) is 26.7 Å². The number of rotatable bonds is 4. The number of ether oxygens (including phenoxy) is 2. The van der Waals surface area contributed by atoms with Crippen molar-refractivity contribution >= 4 is 11.6 Å². The van der Waals surface area contributed by atoms with E-state index in [1.165, 1.54) is 25.1 Å². The zero-order valence-corrected chi connectivity index (χ0v) is 18.1. The second-order valence-electron chi connectivity index (χ2n) is 7.91. The van der Waals surface area contributed by atoms with Crippen molar-refractivity contribution in [1.82, 2.24) is 0 Å². The molecule has 178 valence electrons. The molecule has 0 unspecified atom stereocenters. The van der Waals surface area contributed by atoms with Gasteiger partial charge in [-0.25, -0.2) is 4.39 Å². The lowest BCUT2D eigenvalue weighted by molar-refractivity contribution is -0.272. The van der Waals surface area contributed by atoms with Gasteiger partial charge in [-0.15, -0.1) is 0 Å². The number of anilines is 1. The molecule has 1 aliphatic heterocycles. The average Bonchev–Trinajstić information content (AvgIpc) is 3.07. The lowest BCUT2D eigenvalue weighted by Gasteiger charge is -2.32. The summed E-state index contributed by atoms with van der Waals surface area (Å²) in [6, 6.07) is 9.12. The first-order chi connectivity index (χ1) is 15.9. The summed E-state index contributed by atoms with van der Waals surface area (Å²) in [7, 11) is 1.03. The van der Waals surface area contributed by atoms with Crippen molar-refractivity contribution in [2.75, 3.05) is 12.4 Å². The van der Waals surface area contributed by atoms with Crippen molar-refractivity contribution in [1.29, 1.82) is 10.5 Å². The maximum absolute atomic E-state index is 14.4. The van der Waals surface area contributed by atoms with E-state index in [0.29, 0.717) is 0 Å². The fourth-order valence-electron chi connectivity index (χ4n) is 4.07. The molecule has 3 rings (SSSR count). The number of nitrogens with one attached hydrogen (secondary N) is 1. The highest BCUT2D eigenvalue weighted by Gasteiger charge is 2.65. The molecule has 11 heteroatoms. The molecule has 2 aromatic carbocycles. The third-order valence-corrected chi connectivity index (χ3v) is 6.10. The van der Waals surface area contributed by atoms with Gasteiger partial charge in [-0.1, -0.05) is 13.0 Å². The van der Waals surface area contributed by atoms with Crippen molar-refractivity contribution in [2.45, 2.75) is 37.6 Å². The van der Waals surface area contributed by atoms with Gasteiger partial charge in [0.1, 0.15) is 18.2 Å². The van der Waals surface area contributed by atoms with E-state index in [2.05, 4.69) is 5.32 Å². The SMILES string of the molecule is COc1c([C@H]2[C@H](C(=O)Nc3ccc(C#N)c(C#N)c3)O[C@@](C)(C(F)(F)F)[C@H]2C)ccc(F)c1F. The van der Waals surface area contributed by atoms with Crippen LogP contribution in [0.2, 0.25) is 0 Å². The van der Waals surface area contributed by atoms with Crippen molar-refractivity contribution in [3.05, 3.63) is 58.7 Å². The number of methoxy groups -OCH3 is 1. The van der Waals surface area contributed by atoms with Gasteiger partial charge < -0.3 is 14.8 Å². The molecule has 6 nitrogen and oxygen atoms in total. The molecule has 1 saturated heterocycles. The topological polar surface area (TPSA) is 95.1 Å². The van der Waals surface area contributed by atoms with Crippen molar-refractivity contribution < 1.29 is 36.2 Å². The second-order valence-corrected chi connectivity index (χ2v) is 7.91. The van der Waals surface area contributed by atoms with Gasteiger partial charge in [0, 0.05) is 23.1 Å². The van der Waals surface area contributed by atoms with Gasteiger partial charge >= 0.3 is 6.18 Å². The fourth-order valence-corrected chi connectivity index (χ4v) is 4.07. The number of carbonyl (C=O) groups is 1. The fraction of sp³-hybridized carbons (Fsp3) is 0.348. The molecule has 34 heavy (non-hydrogen) atoms. The van der Waals surface area contributed by atoms with Crippen molar-refractivity contribution in [3.8, 4) is 17.9 Å². The van der Waals surface area contributed by atoms with Gasteiger partial charge in [0.2, 0.25) is 5.82 Å². The van der Waals surface area contributed by atoms with Crippen LogP contribution >= 0.6 is 0 Å². The van der Waals surface area contributed by atoms with E-state index >= 15 is 0 Å². The van der Waals surface area contributed by atoms with Crippen LogP contribution in [0.1, 0.15) is 36.5 Å². The number of benzene rings is 2. The number of alkyl halides is 3. The van der Waals surface area contributed by atoms with Gasteiger partial charge in [-0.05, 0) is 31.2 Å². The molecule has 0 radical (unpaired) electrons. The molecule has 0 aliphatic carbocycles. The van der Waals surface area contributed by atoms with E-state index < -0.39 is 53.0 Å². The first-order valence-corrected chi connectivity index (χ1v) is 9.91. The number of nitrogens with zero attached hydrogens (tertiary/aromatic N) is 2. The molecule has 0 bridgehead atoms. The van der Waals surface area contributed by atoms with E-state index in [0.717, 1.165) is 26.2 Å². The predicted octanol–water partition coefficient (Wildman–Crippen LogP) is 4.79. The summed E-state index contributed by atoms with van der Waals surface area (Å²) in [6.07, 6.45) is -6.67. The molecule has 0 aromatic heterocycles. The third-order valence-electron chi connectivity index (χ3n) is 6.10. The van der Waals surface area contributed by atoms with Crippen LogP contribution in [0.15, 0.2) is 30.3 Å². The largest absolute Gasteiger partial charge is 0.493 e. The first kappa shape index (κ1) is 24.9. The Morgan fingerprint density at radius 3 is 2.35 bits per heavy atom. The quantitative estimate of drug-likeness (QED) is 0.636. The van der Waals surface area contributed by atoms with Crippen LogP contribution < -0.4 is 10.1 Å². The van der Waals surface area contributed by atoms with E-state index in [4.69, 9.17) is 20.0 Å². The monoisotopic (exact) mass is 479 g/mol. The number of carbonyl (C=O) groups excluding carboxylic acids is 1. The van der Waals surface area contributed by atoms with Gasteiger partial charge in [0.25, 0.3) is 5.91 Å². The predicted molar refractivity (Wildman–Crippen MR) is 109 cm³/mol. The van der Waals surface area contributed by atoms with E-state index in [1.54, 1.807) is 12.1 Å². The standard InChI is InChI=1S/C23H18F5N3O3/c1-11-17(15-6-7-16(24)18(25)19(15)33-3)20(34-22(11,2)23(26,27)28)21(32)31-14-5-4-12(9-29)13(8-14)10-30/h4-8,11,17,20H,1-3H3,(H,31,32)/t11-,17-,20+,22+/m0/s1. The summed E-state index contributed by atoms with van der Waals surface area (Å²) >= 11 is 0. The Labute approximate surface area is 191 Å². The third kappa shape index (κ3) is 4.03.